The molecule has 0 spiro atoms. The lowest BCUT2D eigenvalue weighted by Crippen LogP contribution is -2.32. The molecule has 0 aromatic heterocycles. The maximum Gasteiger partial charge on any atom is 0.0223 e. The smallest absolute Gasteiger partial charge is 0.0223 e. The fourth-order valence-corrected chi connectivity index (χ4v) is 2.63. The molecule has 0 saturated carbocycles. The standard InChI is InChI=1S/C14H29ClN2/c1-14(2,7-5-8-15)13-16-9-6-12-17-10-3-4-11-17/h16H,3-13H2,1-2H3. The Morgan fingerprint density at radius 1 is 1.18 bits per heavy atom. The molecule has 0 aliphatic carbocycles. The molecule has 0 atom stereocenters. The molecule has 0 aromatic rings. The van der Waals surface area contributed by atoms with Crippen molar-refractivity contribution in [3.63, 3.8) is 0 Å². The Morgan fingerprint density at radius 2 is 1.88 bits per heavy atom. The molecule has 0 amide bonds. The van der Waals surface area contributed by atoms with E-state index in [-0.39, 0.29) is 0 Å². The lowest BCUT2D eigenvalue weighted by atomic mass is 9.88. The predicted molar refractivity (Wildman–Crippen MR) is 76.9 cm³/mol. The first kappa shape index (κ1) is 15.3. The largest absolute Gasteiger partial charge is 0.316 e. The van der Waals surface area contributed by atoms with Crippen molar-refractivity contribution in [1.29, 1.82) is 0 Å². The van der Waals surface area contributed by atoms with Crippen LogP contribution in [0.1, 0.15) is 46.0 Å². The fourth-order valence-electron chi connectivity index (χ4n) is 2.49. The number of nitrogens with zero attached hydrogens (tertiary/aromatic N) is 1. The summed E-state index contributed by atoms with van der Waals surface area (Å²) in [7, 11) is 0. The molecule has 0 bridgehead atoms. The van der Waals surface area contributed by atoms with Gasteiger partial charge in [-0.1, -0.05) is 13.8 Å². The van der Waals surface area contributed by atoms with Crippen molar-refractivity contribution in [2.45, 2.75) is 46.0 Å². The molecule has 0 aromatic carbocycles. The average molecular weight is 261 g/mol. The third kappa shape index (κ3) is 7.28. The van der Waals surface area contributed by atoms with Gasteiger partial charge in [0.2, 0.25) is 0 Å². The molecule has 1 rings (SSSR count). The van der Waals surface area contributed by atoms with Gasteiger partial charge in [0.25, 0.3) is 0 Å². The highest BCUT2D eigenvalue weighted by Crippen LogP contribution is 2.21. The molecule has 1 N–H and O–H groups in total. The van der Waals surface area contributed by atoms with E-state index in [0.29, 0.717) is 5.41 Å². The van der Waals surface area contributed by atoms with Gasteiger partial charge in [0.15, 0.2) is 0 Å². The Bertz CT molecular complexity index is 189. The van der Waals surface area contributed by atoms with Crippen molar-refractivity contribution in [3.05, 3.63) is 0 Å². The van der Waals surface area contributed by atoms with Gasteiger partial charge in [0.05, 0.1) is 0 Å². The monoisotopic (exact) mass is 260 g/mol. The van der Waals surface area contributed by atoms with Gasteiger partial charge in [-0.3, -0.25) is 0 Å². The highest BCUT2D eigenvalue weighted by Gasteiger charge is 2.16. The summed E-state index contributed by atoms with van der Waals surface area (Å²) < 4.78 is 0. The van der Waals surface area contributed by atoms with E-state index >= 15 is 0 Å². The zero-order chi connectivity index (χ0) is 12.6. The van der Waals surface area contributed by atoms with Crippen LogP contribution in [0.5, 0.6) is 0 Å². The lowest BCUT2D eigenvalue weighted by molar-refractivity contribution is 0.298. The Kier molecular flexibility index (Phi) is 7.49. The second-order valence-corrected chi connectivity index (χ2v) is 6.41. The number of hydrogen-bond acceptors (Lipinski definition) is 2. The zero-order valence-corrected chi connectivity index (χ0v) is 12.4. The third-order valence-electron chi connectivity index (χ3n) is 3.62. The molecular weight excluding hydrogens is 232 g/mol. The van der Waals surface area contributed by atoms with E-state index in [2.05, 4.69) is 24.1 Å². The first-order valence-electron chi connectivity index (χ1n) is 7.13. The van der Waals surface area contributed by atoms with E-state index in [1.54, 1.807) is 0 Å². The van der Waals surface area contributed by atoms with Gasteiger partial charge in [-0.05, 0) is 63.7 Å². The molecule has 0 unspecified atom stereocenters. The average Bonchev–Trinajstić information content (AvgIpc) is 2.79. The Hall–Kier alpha value is 0.210. The number of hydrogen-bond donors (Lipinski definition) is 1. The van der Waals surface area contributed by atoms with Crippen LogP contribution in [0.3, 0.4) is 0 Å². The molecule has 1 aliphatic heterocycles. The van der Waals surface area contributed by atoms with Crippen molar-refractivity contribution in [1.82, 2.24) is 10.2 Å². The van der Waals surface area contributed by atoms with E-state index < -0.39 is 0 Å². The summed E-state index contributed by atoms with van der Waals surface area (Å²) in [6.07, 6.45) is 6.43. The van der Waals surface area contributed by atoms with E-state index in [0.717, 1.165) is 25.4 Å². The van der Waals surface area contributed by atoms with Gasteiger partial charge < -0.3 is 10.2 Å². The van der Waals surface area contributed by atoms with Crippen LogP contribution in [-0.4, -0.2) is 43.5 Å². The second kappa shape index (κ2) is 8.34. The van der Waals surface area contributed by atoms with Crippen LogP contribution in [0.25, 0.3) is 0 Å². The van der Waals surface area contributed by atoms with Crippen molar-refractivity contribution < 1.29 is 0 Å². The lowest BCUT2D eigenvalue weighted by Gasteiger charge is -2.25. The predicted octanol–water partition coefficient (Wildman–Crippen LogP) is 3.11. The summed E-state index contributed by atoms with van der Waals surface area (Å²) in [6, 6.07) is 0. The molecule has 1 aliphatic rings. The van der Waals surface area contributed by atoms with E-state index in [1.807, 2.05) is 0 Å². The van der Waals surface area contributed by atoms with Crippen LogP contribution < -0.4 is 5.32 Å². The molecule has 1 saturated heterocycles. The van der Waals surface area contributed by atoms with Crippen molar-refractivity contribution in [3.8, 4) is 0 Å². The minimum atomic E-state index is 0.391. The van der Waals surface area contributed by atoms with Gasteiger partial charge in [-0.25, -0.2) is 0 Å². The highest BCUT2D eigenvalue weighted by atomic mass is 35.5. The maximum atomic E-state index is 5.74. The second-order valence-electron chi connectivity index (χ2n) is 6.04. The van der Waals surface area contributed by atoms with Crippen LogP contribution in [-0.2, 0) is 0 Å². The molecule has 17 heavy (non-hydrogen) atoms. The van der Waals surface area contributed by atoms with E-state index in [1.165, 1.54) is 45.3 Å². The number of nitrogens with one attached hydrogen (secondary N) is 1. The van der Waals surface area contributed by atoms with Crippen molar-refractivity contribution in [2.75, 3.05) is 38.6 Å². The highest BCUT2D eigenvalue weighted by molar-refractivity contribution is 6.17. The van der Waals surface area contributed by atoms with Crippen molar-refractivity contribution >= 4 is 11.6 Å². The fraction of sp³-hybridized carbons (Fsp3) is 1.00. The summed E-state index contributed by atoms with van der Waals surface area (Å²) in [5.74, 6) is 0.790. The molecule has 1 heterocycles. The number of alkyl halides is 1. The number of halogens is 1. The maximum absolute atomic E-state index is 5.74. The summed E-state index contributed by atoms with van der Waals surface area (Å²) in [4.78, 5) is 2.58. The molecule has 3 heteroatoms. The molecule has 0 radical (unpaired) electrons. The topological polar surface area (TPSA) is 15.3 Å². The summed E-state index contributed by atoms with van der Waals surface area (Å²) in [6.45, 7) is 10.8. The Balaban J connectivity index is 1.95. The van der Waals surface area contributed by atoms with Crippen molar-refractivity contribution in [2.24, 2.45) is 5.41 Å². The van der Waals surface area contributed by atoms with Crippen LogP contribution in [0.15, 0.2) is 0 Å². The number of likely N-dealkylation sites (tertiary alicyclic amines) is 1. The Morgan fingerprint density at radius 3 is 2.53 bits per heavy atom. The summed E-state index contributed by atoms with van der Waals surface area (Å²) in [5.41, 5.74) is 0.391. The van der Waals surface area contributed by atoms with Gasteiger partial charge >= 0.3 is 0 Å². The quantitative estimate of drug-likeness (QED) is 0.506. The first-order valence-corrected chi connectivity index (χ1v) is 7.66. The van der Waals surface area contributed by atoms with Gasteiger partial charge in [0.1, 0.15) is 0 Å². The molecule has 102 valence electrons. The normalized spacial score (nSPS) is 17.8. The van der Waals surface area contributed by atoms with Crippen LogP contribution in [0, 0.1) is 5.41 Å². The zero-order valence-electron chi connectivity index (χ0n) is 11.6. The van der Waals surface area contributed by atoms with Crippen LogP contribution in [0.2, 0.25) is 0 Å². The van der Waals surface area contributed by atoms with Crippen LogP contribution >= 0.6 is 11.6 Å². The SMILES string of the molecule is CC(C)(CCCCl)CNCCCN1CCCC1. The number of rotatable bonds is 9. The Labute approximate surface area is 112 Å². The minimum absolute atomic E-state index is 0.391. The van der Waals surface area contributed by atoms with Gasteiger partial charge in [-0.2, -0.15) is 0 Å². The molecule has 1 fully saturated rings. The third-order valence-corrected chi connectivity index (χ3v) is 3.88. The van der Waals surface area contributed by atoms with Gasteiger partial charge in [0, 0.05) is 12.4 Å². The first-order chi connectivity index (χ1) is 8.14. The van der Waals surface area contributed by atoms with Gasteiger partial charge in [-0.15, -0.1) is 11.6 Å². The molecule has 2 nitrogen and oxygen atoms in total. The van der Waals surface area contributed by atoms with Crippen LogP contribution in [0.4, 0.5) is 0 Å². The van der Waals surface area contributed by atoms with E-state index in [4.69, 9.17) is 11.6 Å². The summed E-state index contributed by atoms with van der Waals surface area (Å²) in [5, 5.41) is 3.59. The van der Waals surface area contributed by atoms with E-state index in [9.17, 15) is 0 Å². The summed E-state index contributed by atoms with van der Waals surface area (Å²) >= 11 is 5.74. The minimum Gasteiger partial charge on any atom is -0.316 e. The molecular formula is C14H29ClN2.